The first kappa shape index (κ1) is 14.7. The highest BCUT2D eigenvalue weighted by atomic mass is 16.5. The van der Waals surface area contributed by atoms with Crippen molar-refractivity contribution in [2.45, 2.75) is 12.8 Å². The minimum atomic E-state index is -1.38. The summed E-state index contributed by atoms with van der Waals surface area (Å²) in [5.74, 6) is -3.46. The lowest BCUT2D eigenvalue weighted by Crippen LogP contribution is -2.24. The minimum Gasteiger partial charge on any atom is -0.480 e. The van der Waals surface area contributed by atoms with E-state index in [1.807, 2.05) is 6.92 Å². The summed E-state index contributed by atoms with van der Waals surface area (Å²) in [6, 6.07) is 3.54. The number of rotatable bonds is 5. The van der Waals surface area contributed by atoms with Crippen LogP contribution in [0.5, 0.6) is 0 Å². The zero-order chi connectivity index (χ0) is 14.6. The van der Waals surface area contributed by atoms with Crippen LogP contribution in [0.2, 0.25) is 0 Å². The summed E-state index contributed by atoms with van der Waals surface area (Å²) in [7, 11) is 1.16. The summed E-state index contributed by atoms with van der Waals surface area (Å²) in [6.07, 6.45) is 3.04. The van der Waals surface area contributed by atoms with E-state index in [2.05, 4.69) is 17.9 Å². The molecule has 4 nitrogen and oxygen atoms in total. The summed E-state index contributed by atoms with van der Waals surface area (Å²) >= 11 is 0. The Bertz CT molecular complexity index is 514. The Morgan fingerprint density at radius 2 is 1.74 bits per heavy atom. The van der Waals surface area contributed by atoms with E-state index in [1.165, 1.54) is 12.2 Å². The van der Waals surface area contributed by atoms with Gasteiger partial charge in [-0.3, -0.25) is 9.59 Å². The fourth-order valence-electron chi connectivity index (χ4n) is 1.99. The van der Waals surface area contributed by atoms with Gasteiger partial charge < -0.3 is 9.84 Å². The zero-order valence-electron chi connectivity index (χ0n) is 11.0. The number of esters is 1. The molecule has 0 radical (unpaired) electrons. The monoisotopic (exact) mass is 260 g/mol. The van der Waals surface area contributed by atoms with Crippen LogP contribution in [-0.2, 0) is 14.3 Å². The third kappa shape index (κ3) is 2.91. The first-order valence-electron chi connectivity index (χ1n) is 5.66. The summed E-state index contributed by atoms with van der Waals surface area (Å²) < 4.78 is 4.57. The van der Waals surface area contributed by atoms with Crippen LogP contribution in [0, 0.1) is 6.92 Å². The number of aryl methyl sites for hydroxylation is 1. The molecule has 100 valence electrons. The Balaban J connectivity index is 3.61. The minimum absolute atomic E-state index is 0.356. The van der Waals surface area contributed by atoms with Gasteiger partial charge in [0.15, 0.2) is 5.92 Å². The van der Waals surface area contributed by atoms with Gasteiger partial charge in [0.1, 0.15) is 0 Å². The number of aliphatic carboxylic acids is 1. The molecule has 0 fully saturated rings. The molecule has 0 amide bonds. The molecule has 0 aromatic heterocycles. The molecule has 4 heteroatoms. The number of methoxy groups -OCH3 is 1. The number of benzene rings is 1. The molecule has 0 aliphatic carbocycles. The number of carboxylic acids is 1. The predicted molar refractivity (Wildman–Crippen MR) is 73.8 cm³/mol. The van der Waals surface area contributed by atoms with Crippen molar-refractivity contribution in [1.29, 1.82) is 0 Å². The maximum absolute atomic E-state index is 11.7. The average molecular weight is 260 g/mol. The van der Waals surface area contributed by atoms with Crippen LogP contribution in [0.15, 0.2) is 25.3 Å². The highest BCUT2D eigenvalue weighted by Crippen LogP contribution is 2.29. The van der Waals surface area contributed by atoms with Crippen LogP contribution in [-0.4, -0.2) is 24.2 Å². The second-order valence-electron chi connectivity index (χ2n) is 4.06. The Morgan fingerprint density at radius 1 is 1.26 bits per heavy atom. The van der Waals surface area contributed by atoms with Crippen LogP contribution in [0.1, 0.15) is 28.2 Å². The van der Waals surface area contributed by atoms with Gasteiger partial charge in [-0.05, 0) is 29.2 Å². The third-order valence-electron chi connectivity index (χ3n) is 2.80. The molecule has 1 N–H and O–H groups in total. The molecule has 0 heterocycles. The molecule has 1 aromatic rings. The van der Waals surface area contributed by atoms with Gasteiger partial charge in [-0.15, -0.1) is 0 Å². The number of ether oxygens (including phenoxy) is 1. The van der Waals surface area contributed by atoms with Crippen LogP contribution in [0.25, 0.3) is 12.2 Å². The maximum atomic E-state index is 11.7. The second kappa shape index (κ2) is 6.00. The van der Waals surface area contributed by atoms with E-state index in [0.717, 1.165) is 12.7 Å². The summed E-state index contributed by atoms with van der Waals surface area (Å²) in [5, 5.41) is 9.27. The van der Waals surface area contributed by atoms with Gasteiger partial charge in [0.05, 0.1) is 7.11 Å². The number of carbonyl (C=O) groups is 2. The van der Waals surface area contributed by atoms with Crippen LogP contribution >= 0.6 is 0 Å². The van der Waals surface area contributed by atoms with Gasteiger partial charge in [0.25, 0.3) is 0 Å². The highest BCUT2D eigenvalue weighted by Gasteiger charge is 2.32. The Kier molecular flexibility index (Phi) is 4.64. The number of hydrogen-bond acceptors (Lipinski definition) is 3. The number of hydrogen-bond donors (Lipinski definition) is 1. The molecule has 0 bridgehead atoms. The number of carboxylic acid groups (broad SMARTS) is 1. The van der Waals surface area contributed by atoms with Crippen molar-refractivity contribution in [3.63, 3.8) is 0 Å². The van der Waals surface area contributed by atoms with E-state index < -0.39 is 17.9 Å². The highest BCUT2D eigenvalue weighted by molar-refractivity contribution is 6.01. The van der Waals surface area contributed by atoms with E-state index in [0.29, 0.717) is 16.7 Å². The largest absolute Gasteiger partial charge is 0.480 e. The Labute approximate surface area is 112 Å². The molecular weight excluding hydrogens is 244 g/mol. The molecule has 1 rings (SSSR count). The molecule has 19 heavy (non-hydrogen) atoms. The van der Waals surface area contributed by atoms with Gasteiger partial charge in [0.2, 0.25) is 0 Å². The molecule has 0 aliphatic rings. The summed E-state index contributed by atoms with van der Waals surface area (Å²) in [6.45, 7) is 9.18. The van der Waals surface area contributed by atoms with Gasteiger partial charge in [-0.25, -0.2) is 0 Å². The summed E-state index contributed by atoms with van der Waals surface area (Å²) in [5.41, 5.74) is 2.47. The van der Waals surface area contributed by atoms with Crippen molar-refractivity contribution in [2.75, 3.05) is 7.11 Å². The molecule has 1 atom stereocenters. The topological polar surface area (TPSA) is 63.6 Å². The van der Waals surface area contributed by atoms with Crippen molar-refractivity contribution in [3.05, 3.63) is 47.5 Å². The molecule has 0 saturated carbocycles. The van der Waals surface area contributed by atoms with Crippen molar-refractivity contribution in [2.24, 2.45) is 0 Å². The van der Waals surface area contributed by atoms with E-state index in [4.69, 9.17) is 0 Å². The van der Waals surface area contributed by atoms with Gasteiger partial charge in [0, 0.05) is 0 Å². The normalized spacial score (nSPS) is 11.5. The lowest BCUT2D eigenvalue weighted by Gasteiger charge is -2.17. The van der Waals surface area contributed by atoms with Gasteiger partial charge in [-0.2, -0.15) is 0 Å². The lowest BCUT2D eigenvalue weighted by molar-refractivity contribution is -0.152. The standard InChI is InChI=1S/C15H16O4/c1-5-10-7-9(3)8-11(6-2)12(10)13(14(16)17)15(18)19-4/h5-8,13H,1-2H2,3-4H3,(H,16,17). The Morgan fingerprint density at radius 3 is 2.05 bits per heavy atom. The van der Waals surface area contributed by atoms with Crippen LogP contribution in [0.4, 0.5) is 0 Å². The first-order valence-corrected chi connectivity index (χ1v) is 5.66. The quantitative estimate of drug-likeness (QED) is 0.653. The third-order valence-corrected chi connectivity index (χ3v) is 2.80. The van der Waals surface area contributed by atoms with E-state index in [1.54, 1.807) is 12.1 Å². The van der Waals surface area contributed by atoms with Crippen molar-refractivity contribution in [3.8, 4) is 0 Å². The summed E-state index contributed by atoms with van der Waals surface area (Å²) in [4.78, 5) is 23.1. The zero-order valence-corrected chi connectivity index (χ0v) is 11.0. The SMILES string of the molecule is C=Cc1cc(C)cc(C=C)c1C(C(=O)O)C(=O)OC. The van der Waals surface area contributed by atoms with Crippen LogP contribution in [0.3, 0.4) is 0 Å². The number of carbonyl (C=O) groups excluding carboxylic acids is 1. The van der Waals surface area contributed by atoms with Crippen LogP contribution < -0.4 is 0 Å². The van der Waals surface area contributed by atoms with E-state index >= 15 is 0 Å². The molecule has 1 unspecified atom stereocenters. The van der Waals surface area contributed by atoms with E-state index in [9.17, 15) is 14.7 Å². The van der Waals surface area contributed by atoms with Crippen molar-refractivity contribution < 1.29 is 19.4 Å². The van der Waals surface area contributed by atoms with Gasteiger partial charge in [-0.1, -0.05) is 37.4 Å². The first-order chi connectivity index (χ1) is 8.96. The molecule has 0 saturated heterocycles. The molecule has 0 aliphatic heterocycles. The Hall–Kier alpha value is -2.36. The molecular formula is C15H16O4. The maximum Gasteiger partial charge on any atom is 0.324 e. The average Bonchev–Trinajstić information content (AvgIpc) is 2.39. The van der Waals surface area contributed by atoms with Gasteiger partial charge >= 0.3 is 11.9 Å². The smallest absolute Gasteiger partial charge is 0.324 e. The molecule has 1 aromatic carbocycles. The van der Waals surface area contributed by atoms with Crippen molar-refractivity contribution in [1.82, 2.24) is 0 Å². The second-order valence-corrected chi connectivity index (χ2v) is 4.06. The fraction of sp³-hybridized carbons (Fsp3) is 0.200. The van der Waals surface area contributed by atoms with E-state index in [-0.39, 0.29) is 0 Å². The molecule has 0 spiro atoms. The lowest BCUT2D eigenvalue weighted by atomic mass is 9.88. The fourth-order valence-corrected chi connectivity index (χ4v) is 1.99. The van der Waals surface area contributed by atoms with Crippen molar-refractivity contribution >= 4 is 24.1 Å². The predicted octanol–water partition coefficient (Wildman–Crippen LogP) is 2.62.